The highest BCUT2D eigenvalue weighted by Gasteiger charge is 2.27. The van der Waals surface area contributed by atoms with Crippen LogP contribution in [0.25, 0.3) is 0 Å². The molecule has 0 radical (unpaired) electrons. The van der Waals surface area contributed by atoms with Crippen molar-refractivity contribution in [3.63, 3.8) is 0 Å². The number of hydrogen-bond donors (Lipinski definition) is 3. The average molecular weight is 394 g/mol. The molecule has 0 aromatic heterocycles. The zero-order valence-electron chi connectivity index (χ0n) is 16.4. The van der Waals surface area contributed by atoms with Gasteiger partial charge in [-0.3, -0.25) is 9.59 Å². The summed E-state index contributed by atoms with van der Waals surface area (Å²) in [5.41, 5.74) is 1.30. The molecule has 0 bridgehead atoms. The number of urea groups is 1. The minimum Gasteiger partial charge on any atom is -0.349 e. The van der Waals surface area contributed by atoms with Crippen LogP contribution in [-0.2, 0) is 4.79 Å². The molecule has 3 N–H and O–H groups in total. The number of rotatable bonds is 5. The minimum absolute atomic E-state index is 0.0383. The average Bonchev–Trinajstić information content (AvgIpc) is 2.75. The largest absolute Gasteiger partial charge is 0.349 e. The first-order valence-corrected chi connectivity index (χ1v) is 9.80. The fourth-order valence-corrected chi connectivity index (χ4v) is 3.32. The van der Waals surface area contributed by atoms with Gasteiger partial charge in [-0.25, -0.2) is 4.79 Å². The van der Waals surface area contributed by atoms with E-state index < -0.39 is 12.1 Å². The summed E-state index contributed by atoms with van der Waals surface area (Å²) in [6.45, 7) is 2.77. The highest BCUT2D eigenvalue weighted by Crippen LogP contribution is 2.13. The number of anilines is 1. The summed E-state index contributed by atoms with van der Waals surface area (Å²) in [5.74, 6) is -0.218. The second-order valence-corrected chi connectivity index (χ2v) is 7.13. The van der Waals surface area contributed by atoms with Crippen molar-refractivity contribution in [1.29, 1.82) is 0 Å². The summed E-state index contributed by atoms with van der Waals surface area (Å²) in [7, 11) is 0. The topological polar surface area (TPSA) is 90.5 Å². The van der Waals surface area contributed by atoms with Gasteiger partial charge in [-0.15, -0.1) is 0 Å². The molecule has 2 aromatic carbocycles. The fraction of sp³-hybridized carbons (Fsp3) is 0.318. The van der Waals surface area contributed by atoms with Gasteiger partial charge in [0.1, 0.15) is 6.04 Å². The quantitative estimate of drug-likeness (QED) is 0.728. The maximum absolute atomic E-state index is 12.6. The number of carbonyl (C=O) groups excluding carboxylic acids is 3. The van der Waals surface area contributed by atoms with E-state index in [1.807, 2.05) is 36.4 Å². The van der Waals surface area contributed by atoms with E-state index in [-0.39, 0.29) is 17.9 Å². The van der Waals surface area contributed by atoms with Crippen molar-refractivity contribution in [1.82, 2.24) is 15.5 Å². The molecule has 1 atom stereocenters. The summed E-state index contributed by atoms with van der Waals surface area (Å²) in [6.07, 6.45) is 1.38. The molecule has 1 unspecified atom stereocenters. The van der Waals surface area contributed by atoms with Crippen LogP contribution in [0, 0.1) is 0 Å². The van der Waals surface area contributed by atoms with Gasteiger partial charge in [-0.2, -0.15) is 0 Å². The molecule has 1 heterocycles. The van der Waals surface area contributed by atoms with Crippen molar-refractivity contribution in [2.75, 3.05) is 18.4 Å². The highest BCUT2D eigenvalue weighted by molar-refractivity contribution is 5.94. The van der Waals surface area contributed by atoms with E-state index in [0.717, 1.165) is 0 Å². The Morgan fingerprint density at radius 1 is 0.931 bits per heavy atom. The Morgan fingerprint density at radius 3 is 2.14 bits per heavy atom. The third kappa shape index (κ3) is 5.81. The molecule has 0 saturated carbocycles. The van der Waals surface area contributed by atoms with Gasteiger partial charge in [-0.1, -0.05) is 36.4 Å². The summed E-state index contributed by atoms with van der Waals surface area (Å²) < 4.78 is 0. The standard InChI is InChI=1S/C22H26N4O3/c1-16(23-22(29)25-18-10-6-3-7-11-18)21(28)26-14-12-19(13-15-26)24-20(27)17-8-4-2-5-9-17/h2-11,16,19H,12-15H2,1H3,(H,24,27)(H2,23,25,29). The lowest BCUT2D eigenvalue weighted by Gasteiger charge is -2.34. The predicted octanol–water partition coefficient (Wildman–Crippen LogP) is 2.62. The Labute approximate surface area is 170 Å². The highest BCUT2D eigenvalue weighted by atomic mass is 16.2. The van der Waals surface area contributed by atoms with Gasteiger partial charge in [0, 0.05) is 30.4 Å². The van der Waals surface area contributed by atoms with Gasteiger partial charge in [0.05, 0.1) is 0 Å². The molecule has 1 aliphatic rings. The molecule has 1 fully saturated rings. The van der Waals surface area contributed by atoms with Crippen LogP contribution in [0.3, 0.4) is 0 Å². The Morgan fingerprint density at radius 2 is 1.52 bits per heavy atom. The van der Waals surface area contributed by atoms with Crippen LogP contribution in [0.2, 0.25) is 0 Å². The number of para-hydroxylation sites is 1. The van der Waals surface area contributed by atoms with Crippen LogP contribution < -0.4 is 16.0 Å². The normalized spacial score (nSPS) is 15.3. The van der Waals surface area contributed by atoms with Crippen molar-refractivity contribution in [3.05, 3.63) is 66.2 Å². The van der Waals surface area contributed by atoms with Gasteiger partial charge < -0.3 is 20.9 Å². The van der Waals surface area contributed by atoms with E-state index in [1.165, 1.54) is 0 Å². The number of nitrogens with zero attached hydrogens (tertiary/aromatic N) is 1. The van der Waals surface area contributed by atoms with E-state index >= 15 is 0 Å². The smallest absolute Gasteiger partial charge is 0.319 e. The van der Waals surface area contributed by atoms with Crippen LogP contribution >= 0.6 is 0 Å². The molecule has 4 amide bonds. The second-order valence-electron chi connectivity index (χ2n) is 7.13. The van der Waals surface area contributed by atoms with E-state index in [1.54, 1.807) is 36.1 Å². The van der Waals surface area contributed by atoms with Crippen LogP contribution in [0.4, 0.5) is 10.5 Å². The Bertz CT molecular complexity index is 834. The van der Waals surface area contributed by atoms with Gasteiger partial charge in [-0.05, 0) is 44.0 Å². The van der Waals surface area contributed by atoms with E-state index in [0.29, 0.717) is 37.2 Å². The molecule has 1 aliphatic heterocycles. The van der Waals surface area contributed by atoms with Gasteiger partial charge >= 0.3 is 6.03 Å². The third-order valence-electron chi connectivity index (χ3n) is 4.93. The number of carbonyl (C=O) groups is 3. The molecular weight excluding hydrogens is 368 g/mol. The van der Waals surface area contributed by atoms with Gasteiger partial charge in [0.2, 0.25) is 5.91 Å². The van der Waals surface area contributed by atoms with Crippen molar-refractivity contribution < 1.29 is 14.4 Å². The maximum atomic E-state index is 12.6. The van der Waals surface area contributed by atoms with Crippen molar-refractivity contribution >= 4 is 23.5 Å². The number of piperidine rings is 1. The van der Waals surface area contributed by atoms with Crippen LogP contribution in [0.15, 0.2) is 60.7 Å². The maximum Gasteiger partial charge on any atom is 0.319 e. The molecule has 152 valence electrons. The summed E-state index contributed by atoms with van der Waals surface area (Å²) in [5, 5.41) is 8.41. The first kappa shape index (κ1) is 20.4. The number of benzene rings is 2. The molecule has 29 heavy (non-hydrogen) atoms. The second kappa shape index (κ2) is 9.73. The summed E-state index contributed by atoms with van der Waals surface area (Å²) in [6, 6.07) is 17.2. The fourth-order valence-electron chi connectivity index (χ4n) is 3.32. The monoisotopic (exact) mass is 394 g/mol. The molecule has 3 rings (SSSR count). The first-order valence-electron chi connectivity index (χ1n) is 9.80. The molecule has 0 spiro atoms. The molecular formula is C22H26N4O3. The lowest BCUT2D eigenvalue weighted by Crippen LogP contribution is -2.52. The van der Waals surface area contributed by atoms with Gasteiger partial charge in [0.15, 0.2) is 0 Å². The third-order valence-corrected chi connectivity index (χ3v) is 4.93. The zero-order chi connectivity index (χ0) is 20.6. The molecule has 2 aromatic rings. The van der Waals surface area contributed by atoms with Crippen LogP contribution in [-0.4, -0.2) is 47.9 Å². The predicted molar refractivity (Wildman–Crippen MR) is 112 cm³/mol. The molecule has 7 nitrogen and oxygen atoms in total. The Hall–Kier alpha value is -3.35. The van der Waals surface area contributed by atoms with Crippen LogP contribution in [0.5, 0.6) is 0 Å². The van der Waals surface area contributed by atoms with Crippen LogP contribution in [0.1, 0.15) is 30.1 Å². The summed E-state index contributed by atoms with van der Waals surface area (Å²) >= 11 is 0. The van der Waals surface area contributed by atoms with E-state index in [9.17, 15) is 14.4 Å². The molecule has 7 heteroatoms. The lowest BCUT2D eigenvalue weighted by molar-refractivity contribution is -0.133. The number of likely N-dealkylation sites (tertiary alicyclic amines) is 1. The zero-order valence-corrected chi connectivity index (χ0v) is 16.4. The number of nitrogens with one attached hydrogen (secondary N) is 3. The first-order chi connectivity index (χ1) is 14.0. The number of amides is 4. The minimum atomic E-state index is -0.630. The van der Waals surface area contributed by atoms with Gasteiger partial charge in [0.25, 0.3) is 5.91 Å². The van der Waals surface area contributed by atoms with Crippen molar-refractivity contribution in [2.45, 2.75) is 31.8 Å². The van der Waals surface area contributed by atoms with E-state index in [4.69, 9.17) is 0 Å². The SMILES string of the molecule is CC(NC(=O)Nc1ccccc1)C(=O)N1CCC(NC(=O)c2ccccc2)CC1. The van der Waals surface area contributed by atoms with Crippen molar-refractivity contribution in [3.8, 4) is 0 Å². The summed E-state index contributed by atoms with van der Waals surface area (Å²) in [4.78, 5) is 38.7. The van der Waals surface area contributed by atoms with Crippen molar-refractivity contribution in [2.24, 2.45) is 0 Å². The number of hydrogen-bond acceptors (Lipinski definition) is 3. The van der Waals surface area contributed by atoms with E-state index in [2.05, 4.69) is 16.0 Å². The Kier molecular flexibility index (Phi) is 6.84. The molecule has 0 aliphatic carbocycles. The lowest BCUT2D eigenvalue weighted by atomic mass is 10.0. The molecule has 1 saturated heterocycles. The Balaban J connectivity index is 1.43.